The summed E-state index contributed by atoms with van der Waals surface area (Å²) >= 11 is 0. The monoisotopic (exact) mass is 342 g/mol. The van der Waals surface area contributed by atoms with Crippen LogP contribution in [0.3, 0.4) is 0 Å². The lowest BCUT2D eigenvalue weighted by atomic mass is 9.91. The quantitative estimate of drug-likeness (QED) is 0.337. The van der Waals surface area contributed by atoms with Gasteiger partial charge in [-0.3, -0.25) is 9.59 Å². The van der Waals surface area contributed by atoms with Gasteiger partial charge in [0, 0.05) is 0 Å². The van der Waals surface area contributed by atoms with E-state index in [0.29, 0.717) is 13.2 Å². The molecule has 0 unspecified atom stereocenters. The van der Waals surface area contributed by atoms with Gasteiger partial charge in [-0.05, 0) is 53.4 Å². The van der Waals surface area contributed by atoms with Crippen LogP contribution in [0.2, 0.25) is 0 Å². The molecule has 4 nitrogen and oxygen atoms in total. The highest BCUT2D eigenvalue weighted by Crippen LogP contribution is 2.22. The highest BCUT2D eigenvalue weighted by molar-refractivity contribution is 5.76. The van der Waals surface area contributed by atoms with E-state index in [2.05, 4.69) is 0 Å². The van der Waals surface area contributed by atoms with Crippen LogP contribution in [0.4, 0.5) is 0 Å². The van der Waals surface area contributed by atoms with Crippen LogP contribution in [0, 0.1) is 10.8 Å². The number of hydrogen-bond acceptors (Lipinski definition) is 4. The van der Waals surface area contributed by atoms with Crippen molar-refractivity contribution in [1.82, 2.24) is 0 Å². The molecule has 4 heteroatoms. The van der Waals surface area contributed by atoms with Crippen LogP contribution in [0.25, 0.3) is 0 Å². The van der Waals surface area contributed by atoms with Crippen LogP contribution < -0.4 is 0 Å². The zero-order valence-electron chi connectivity index (χ0n) is 16.7. The number of hydrogen-bond donors (Lipinski definition) is 0. The second-order valence-electron chi connectivity index (χ2n) is 7.87. The number of unbranched alkanes of at least 4 members (excludes halogenated alkanes) is 5. The van der Waals surface area contributed by atoms with Crippen LogP contribution in [0.15, 0.2) is 0 Å². The first-order chi connectivity index (χ1) is 11.2. The van der Waals surface area contributed by atoms with E-state index in [-0.39, 0.29) is 22.8 Å². The van der Waals surface area contributed by atoms with Crippen molar-refractivity contribution in [1.29, 1.82) is 0 Å². The lowest BCUT2D eigenvalue weighted by Gasteiger charge is -2.20. The molecule has 0 aliphatic carbocycles. The Bertz CT molecular complexity index is 336. The normalized spacial score (nSPS) is 12.1. The predicted octanol–water partition coefficient (Wildman–Crippen LogP) is 5.29. The number of rotatable bonds is 13. The Morgan fingerprint density at radius 1 is 0.625 bits per heavy atom. The molecule has 0 amide bonds. The first-order valence-electron chi connectivity index (χ1n) is 9.52. The molecule has 0 aliphatic rings. The lowest BCUT2D eigenvalue weighted by molar-refractivity contribution is -0.155. The SMILES string of the molecule is CCC(C)(C)C(=O)OCCCCCCCCOC(=O)C(C)(C)CC. The molecule has 0 aromatic carbocycles. The van der Waals surface area contributed by atoms with Gasteiger partial charge in [0.2, 0.25) is 0 Å². The van der Waals surface area contributed by atoms with E-state index in [4.69, 9.17) is 9.47 Å². The van der Waals surface area contributed by atoms with Gasteiger partial charge in [0.15, 0.2) is 0 Å². The molecule has 0 saturated carbocycles. The van der Waals surface area contributed by atoms with E-state index in [1.54, 1.807) is 0 Å². The molecule has 0 aliphatic heterocycles. The van der Waals surface area contributed by atoms with Gasteiger partial charge >= 0.3 is 11.9 Å². The second kappa shape index (κ2) is 11.5. The molecule has 0 radical (unpaired) electrons. The Morgan fingerprint density at radius 3 is 1.21 bits per heavy atom. The average Bonchev–Trinajstić information content (AvgIpc) is 2.55. The van der Waals surface area contributed by atoms with Gasteiger partial charge in [0.05, 0.1) is 24.0 Å². The zero-order chi connectivity index (χ0) is 18.6. The fourth-order valence-corrected chi connectivity index (χ4v) is 1.92. The highest BCUT2D eigenvalue weighted by Gasteiger charge is 2.27. The molecule has 0 bridgehead atoms. The standard InChI is InChI=1S/C20H38O4/c1-7-19(3,4)17(21)23-15-13-11-9-10-12-14-16-24-18(22)20(5,6)8-2/h7-16H2,1-6H3. The third-order valence-corrected chi connectivity index (χ3v) is 4.88. The van der Waals surface area contributed by atoms with Crippen molar-refractivity contribution in [2.45, 2.75) is 92.9 Å². The minimum Gasteiger partial charge on any atom is -0.465 e. The van der Waals surface area contributed by atoms with Crippen LogP contribution in [0.1, 0.15) is 92.9 Å². The summed E-state index contributed by atoms with van der Waals surface area (Å²) in [7, 11) is 0. The van der Waals surface area contributed by atoms with Gasteiger partial charge in [0.1, 0.15) is 0 Å². The van der Waals surface area contributed by atoms with Crippen LogP contribution in [-0.2, 0) is 19.1 Å². The zero-order valence-corrected chi connectivity index (χ0v) is 16.7. The molecule has 0 aromatic heterocycles. The third kappa shape index (κ3) is 9.29. The summed E-state index contributed by atoms with van der Waals surface area (Å²) in [6, 6.07) is 0. The average molecular weight is 343 g/mol. The van der Waals surface area contributed by atoms with Gasteiger partial charge in [-0.25, -0.2) is 0 Å². The summed E-state index contributed by atoms with van der Waals surface area (Å²) in [6.07, 6.45) is 7.84. The van der Waals surface area contributed by atoms with Crippen LogP contribution in [-0.4, -0.2) is 25.2 Å². The summed E-state index contributed by atoms with van der Waals surface area (Å²) in [5.41, 5.74) is -0.743. The Hall–Kier alpha value is -1.06. The Kier molecular flexibility index (Phi) is 11.0. The fraction of sp³-hybridized carbons (Fsp3) is 0.900. The van der Waals surface area contributed by atoms with Crippen LogP contribution >= 0.6 is 0 Å². The Morgan fingerprint density at radius 2 is 0.917 bits per heavy atom. The molecule has 0 fully saturated rings. The molecule has 0 N–H and O–H groups in total. The molecular formula is C20H38O4. The van der Waals surface area contributed by atoms with Gasteiger partial charge in [0.25, 0.3) is 0 Å². The van der Waals surface area contributed by atoms with Crippen molar-refractivity contribution >= 4 is 11.9 Å². The maximum Gasteiger partial charge on any atom is 0.311 e. The van der Waals surface area contributed by atoms with Crippen molar-refractivity contribution in [2.24, 2.45) is 10.8 Å². The van der Waals surface area contributed by atoms with E-state index in [0.717, 1.165) is 51.4 Å². The van der Waals surface area contributed by atoms with Gasteiger partial charge in [-0.15, -0.1) is 0 Å². The Labute approximate surface area is 148 Å². The summed E-state index contributed by atoms with van der Waals surface area (Å²) < 4.78 is 10.6. The smallest absolute Gasteiger partial charge is 0.311 e. The summed E-state index contributed by atoms with van der Waals surface area (Å²) in [6.45, 7) is 12.7. The number of esters is 2. The molecule has 0 atom stereocenters. The predicted molar refractivity (Wildman–Crippen MR) is 97.8 cm³/mol. The lowest BCUT2D eigenvalue weighted by Crippen LogP contribution is -2.26. The van der Waals surface area contributed by atoms with E-state index in [1.165, 1.54) is 0 Å². The Balaban J connectivity index is 3.50. The third-order valence-electron chi connectivity index (χ3n) is 4.88. The first kappa shape index (κ1) is 22.9. The molecule has 0 spiro atoms. The van der Waals surface area contributed by atoms with E-state index in [1.807, 2.05) is 41.5 Å². The van der Waals surface area contributed by atoms with Crippen LogP contribution in [0.5, 0.6) is 0 Å². The molecule has 0 saturated heterocycles. The van der Waals surface area contributed by atoms with Crippen molar-refractivity contribution in [2.75, 3.05) is 13.2 Å². The number of carbonyl (C=O) groups excluding carboxylic acids is 2. The largest absolute Gasteiger partial charge is 0.465 e. The fourth-order valence-electron chi connectivity index (χ4n) is 1.92. The van der Waals surface area contributed by atoms with E-state index >= 15 is 0 Å². The van der Waals surface area contributed by atoms with Crippen molar-refractivity contribution in [3.8, 4) is 0 Å². The van der Waals surface area contributed by atoms with Crippen molar-refractivity contribution in [3.63, 3.8) is 0 Å². The highest BCUT2D eigenvalue weighted by atomic mass is 16.5. The molecule has 24 heavy (non-hydrogen) atoms. The van der Waals surface area contributed by atoms with E-state index in [9.17, 15) is 9.59 Å². The maximum absolute atomic E-state index is 11.8. The molecule has 0 heterocycles. The summed E-state index contributed by atoms with van der Waals surface area (Å²) in [5, 5.41) is 0. The molecule has 0 aromatic rings. The minimum absolute atomic E-state index is 0.0955. The van der Waals surface area contributed by atoms with Gasteiger partial charge < -0.3 is 9.47 Å². The van der Waals surface area contributed by atoms with Gasteiger partial charge in [-0.1, -0.05) is 39.5 Å². The number of carbonyl (C=O) groups is 2. The van der Waals surface area contributed by atoms with E-state index < -0.39 is 0 Å². The minimum atomic E-state index is -0.371. The summed E-state index contributed by atoms with van der Waals surface area (Å²) in [5.74, 6) is -0.191. The topological polar surface area (TPSA) is 52.6 Å². The molecular weight excluding hydrogens is 304 g/mol. The van der Waals surface area contributed by atoms with Crippen molar-refractivity contribution in [3.05, 3.63) is 0 Å². The first-order valence-corrected chi connectivity index (χ1v) is 9.52. The molecule has 142 valence electrons. The van der Waals surface area contributed by atoms with Gasteiger partial charge in [-0.2, -0.15) is 0 Å². The van der Waals surface area contributed by atoms with Crippen molar-refractivity contribution < 1.29 is 19.1 Å². The summed E-state index contributed by atoms with van der Waals surface area (Å²) in [4.78, 5) is 23.6. The molecule has 0 rings (SSSR count). The maximum atomic E-state index is 11.8. The number of ether oxygens (including phenoxy) is 2. The second-order valence-corrected chi connectivity index (χ2v) is 7.87.